The first-order chi connectivity index (χ1) is 11.8. The topological polar surface area (TPSA) is 52.7 Å². The van der Waals surface area contributed by atoms with E-state index in [4.69, 9.17) is 0 Å². The number of hydrogen-bond acceptors (Lipinski definition) is 3. The van der Waals surface area contributed by atoms with Gasteiger partial charge in [-0.25, -0.2) is 4.79 Å². The van der Waals surface area contributed by atoms with Crippen molar-refractivity contribution in [2.75, 3.05) is 19.6 Å². The van der Waals surface area contributed by atoms with Gasteiger partial charge in [0.1, 0.15) is 5.37 Å². The lowest BCUT2D eigenvalue weighted by Gasteiger charge is -2.28. The highest BCUT2D eigenvalue weighted by atomic mass is 32.2. The first kappa shape index (κ1) is 19.6. The summed E-state index contributed by atoms with van der Waals surface area (Å²) in [5.41, 5.74) is 2.35. The number of carbonyl (C=O) groups excluding carboxylic acids is 2. The number of thioether (sulfide) groups is 1. The number of nitrogens with zero attached hydrogens (tertiary/aromatic N) is 2. The number of rotatable bonds is 6. The summed E-state index contributed by atoms with van der Waals surface area (Å²) >= 11 is 1.68. The van der Waals surface area contributed by atoms with Crippen LogP contribution >= 0.6 is 11.8 Å². The van der Waals surface area contributed by atoms with Gasteiger partial charge in [-0.15, -0.1) is 11.8 Å². The van der Waals surface area contributed by atoms with Crippen LogP contribution in [0.1, 0.15) is 44.2 Å². The van der Waals surface area contributed by atoms with Gasteiger partial charge in [0.2, 0.25) is 5.91 Å². The lowest BCUT2D eigenvalue weighted by molar-refractivity contribution is -0.129. The molecule has 3 amide bonds. The van der Waals surface area contributed by atoms with E-state index in [0.717, 1.165) is 5.56 Å². The van der Waals surface area contributed by atoms with Gasteiger partial charge in [-0.05, 0) is 40.2 Å². The molecule has 0 radical (unpaired) electrons. The van der Waals surface area contributed by atoms with Gasteiger partial charge in [0, 0.05) is 25.7 Å². The Morgan fingerprint density at radius 2 is 1.96 bits per heavy atom. The van der Waals surface area contributed by atoms with Crippen LogP contribution in [-0.2, 0) is 4.79 Å². The molecule has 1 aromatic carbocycles. The summed E-state index contributed by atoms with van der Waals surface area (Å²) in [7, 11) is 0. The Labute approximate surface area is 155 Å². The molecule has 0 bridgehead atoms. The Hall–Kier alpha value is -1.69. The van der Waals surface area contributed by atoms with Crippen molar-refractivity contribution in [1.82, 2.24) is 15.1 Å². The highest BCUT2D eigenvalue weighted by Gasteiger charge is 2.38. The Morgan fingerprint density at radius 1 is 1.32 bits per heavy atom. The van der Waals surface area contributed by atoms with Crippen LogP contribution in [0.2, 0.25) is 0 Å². The zero-order valence-corrected chi connectivity index (χ0v) is 16.6. The van der Waals surface area contributed by atoms with Crippen LogP contribution in [-0.4, -0.2) is 52.7 Å². The van der Waals surface area contributed by atoms with Crippen molar-refractivity contribution in [3.05, 3.63) is 35.4 Å². The van der Waals surface area contributed by atoms with Crippen molar-refractivity contribution < 1.29 is 9.59 Å². The molecule has 5 nitrogen and oxygen atoms in total. The molecule has 1 heterocycles. The summed E-state index contributed by atoms with van der Waals surface area (Å²) in [5, 5.41) is 2.89. The number of urea groups is 1. The van der Waals surface area contributed by atoms with E-state index in [9.17, 15) is 9.59 Å². The van der Waals surface area contributed by atoms with Gasteiger partial charge in [-0.3, -0.25) is 4.79 Å². The Kier molecular flexibility index (Phi) is 6.76. The maximum absolute atomic E-state index is 12.6. The normalized spacial score (nSPS) is 20.2. The summed E-state index contributed by atoms with van der Waals surface area (Å²) < 4.78 is 0. The van der Waals surface area contributed by atoms with E-state index in [1.54, 1.807) is 16.7 Å². The van der Waals surface area contributed by atoms with E-state index in [2.05, 4.69) is 36.5 Å². The summed E-state index contributed by atoms with van der Waals surface area (Å²) in [6.45, 7) is 11.6. The molecule has 0 aliphatic carbocycles. The summed E-state index contributed by atoms with van der Waals surface area (Å²) in [6.07, 6.45) is 0. The monoisotopic (exact) mass is 363 g/mol. The van der Waals surface area contributed by atoms with Gasteiger partial charge in [0.05, 0.1) is 5.25 Å². The molecule has 138 valence electrons. The van der Waals surface area contributed by atoms with Crippen molar-refractivity contribution in [3.8, 4) is 0 Å². The molecule has 25 heavy (non-hydrogen) atoms. The second kappa shape index (κ2) is 8.61. The average molecular weight is 364 g/mol. The minimum Gasteiger partial charge on any atom is -0.336 e. The van der Waals surface area contributed by atoms with Crippen molar-refractivity contribution in [3.63, 3.8) is 0 Å². The molecule has 2 rings (SSSR count). The zero-order chi connectivity index (χ0) is 18.6. The maximum Gasteiger partial charge on any atom is 0.317 e. The number of amides is 3. The van der Waals surface area contributed by atoms with Crippen LogP contribution in [0.4, 0.5) is 4.79 Å². The SMILES string of the molecule is CCN(CCN1C(=O)[C@@H](C)S[C@H]1c1ccc(C)cc1)C(=O)NC(C)C. The third-order valence-electron chi connectivity index (χ3n) is 4.30. The Bertz CT molecular complexity index is 603. The van der Waals surface area contributed by atoms with E-state index in [1.165, 1.54) is 5.56 Å². The molecule has 2 atom stereocenters. The van der Waals surface area contributed by atoms with Crippen LogP contribution in [0.25, 0.3) is 0 Å². The number of hydrogen-bond donors (Lipinski definition) is 1. The molecule has 1 fully saturated rings. The minimum atomic E-state index is -0.0725. The number of benzene rings is 1. The molecule has 1 N–H and O–H groups in total. The fraction of sp³-hybridized carbons (Fsp3) is 0.579. The van der Waals surface area contributed by atoms with Gasteiger partial charge in [-0.2, -0.15) is 0 Å². The van der Waals surface area contributed by atoms with Crippen LogP contribution in [0.5, 0.6) is 0 Å². The second-order valence-electron chi connectivity index (χ2n) is 6.76. The lowest BCUT2D eigenvalue weighted by Crippen LogP contribution is -2.46. The third kappa shape index (κ3) is 4.91. The fourth-order valence-electron chi connectivity index (χ4n) is 2.86. The molecule has 1 saturated heterocycles. The minimum absolute atomic E-state index is 0.0231. The molecule has 0 saturated carbocycles. The highest BCUT2D eigenvalue weighted by molar-refractivity contribution is 8.01. The van der Waals surface area contributed by atoms with Gasteiger partial charge in [0.25, 0.3) is 0 Å². The maximum atomic E-state index is 12.6. The summed E-state index contributed by atoms with van der Waals surface area (Å²) in [5.74, 6) is 0.149. The van der Waals surface area contributed by atoms with E-state index in [0.29, 0.717) is 19.6 Å². The van der Waals surface area contributed by atoms with E-state index < -0.39 is 0 Å². The molecule has 6 heteroatoms. The molecular weight excluding hydrogens is 334 g/mol. The molecule has 1 aliphatic heterocycles. The Morgan fingerprint density at radius 3 is 2.52 bits per heavy atom. The van der Waals surface area contributed by atoms with Crippen LogP contribution in [0.15, 0.2) is 24.3 Å². The smallest absolute Gasteiger partial charge is 0.317 e. The van der Waals surface area contributed by atoms with E-state index >= 15 is 0 Å². The average Bonchev–Trinajstić information content (AvgIpc) is 2.83. The quantitative estimate of drug-likeness (QED) is 0.843. The van der Waals surface area contributed by atoms with Gasteiger partial charge in [-0.1, -0.05) is 29.8 Å². The largest absolute Gasteiger partial charge is 0.336 e. The van der Waals surface area contributed by atoms with Crippen LogP contribution in [0, 0.1) is 6.92 Å². The molecule has 0 unspecified atom stereocenters. The molecule has 0 aromatic heterocycles. The van der Waals surface area contributed by atoms with E-state index in [1.807, 2.05) is 32.6 Å². The van der Waals surface area contributed by atoms with Crippen molar-refractivity contribution in [2.45, 2.75) is 51.3 Å². The van der Waals surface area contributed by atoms with Gasteiger partial charge in [0.15, 0.2) is 0 Å². The first-order valence-electron chi connectivity index (χ1n) is 8.91. The van der Waals surface area contributed by atoms with Crippen LogP contribution < -0.4 is 5.32 Å². The molecule has 1 aromatic rings. The van der Waals surface area contributed by atoms with Crippen molar-refractivity contribution >= 4 is 23.7 Å². The standard InChI is InChI=1S/C19H29N3O2S/c1-6-21(19(24)20-13(2)3)11-12-22-17(23)15(5)25-18(22)16-9-7-14(4)8-10-16/h7-10,13,15,18H,6,11-12H2,1-5H3,(H,20,24)/t15-,18+/m1/s1. The highest BCUT2D eigenvalue weighted by Crippen LogP contribution is 2.42. The number of aryl methyl sites for hydroxylation is 1. The van der Waals surface area contributed by atoms with Crippen molar-refractivity contribution in [1.29, 1.82) is 0 Å². The third-order valence-corrected chi connectivity index (χ3v) is 5.70. The first-order valence-corrected chi connectivity index (χ1v) is 9.85. The van der Waals surface area contributed by atoms with Gasteiger partial charge < -0.3 is 15.1 Å². The molecule has 1 aliphatic rings. The van der Waals surface area contributed by atoms with Gasteiger partial charge >= 0.3 is 6.03 Å². The summed E-state index contributed by atoms with van der Waals surface area (Å²) in [4.78, 5) is 28.5. The van der Waals surface area contributed by atoms with Crippen molar-refractivity contribution in [2.24, 2.45) is 0 Å². The van der Waals surface area contributed by atoms with Crippen LogP contribution in [0.3, 0.4) is 0 Å². The lowest BCUT2D eigenvalue weighted by atomic mass is 10.1. The number of carbonyl (C=O) groups is 2. The number of likely N-dealkylation sites (N-methyl/N-ethyl adjacent to an activating group) is 1. The molecular formula is C19H29N3O2S. The fourth-order valence-corrected chi connectivity index (χ4v) is 4.17. The summed E-state index contributed by atoms with van der Waals surface area (Å²) in [6, 6.07) is 8.37. The predicted octanol–water partition coefficient (Wildman–Crippen LogP) is 3.40. The Balaban J connectivity index is 2.07. The predicted molar refractivity (Wildman–Crippen MR) is 104 cm³/mol. The van der Waals surface area contributed by atoms with E-state index in [-0.39, 0.29) is 28.6 Å². The molecule has 0 spiro atoms. The second-order valence-corrected chi connectivity index (χ2v) is 8.18. The number of nitrogens with one attached hydrogen (secondary N) is 1. The zero-order valence-electron chi connectivity index (χ0n) is 15.8.